The average molecular weight is 316 g/mol. The minimum absolute atomic E-state index is 0.632. The molecule has 0 aliphatic carbocycles. The number of benzene rings is 1. The Hall–Kier alpha value is -1.84. The van der Waals surface area contributed by atoms with Crippen molar-refractivity contribution in [3.8, 4) is 28.3 Å². The van der Waals surface area contributed by atoms with Crippen molar-refractivity contribution >= 4 is 22.9 Å². The van der Waals surface area contributed by atoms with Gasteiger partial charge in [-0.15, -0.1) is 0 Å². The molecule has 4 heteroatoms. The monoisotopic (exact) mass is 315 g/mol. The van der Waals surface area contributed by atoms with Gasteiger partial charge in [0.25, 0.3) is 0 Å². The largest absolute Gasteiger partial charge is 0.494 e. The Labute approximate surface area is 133 Å². The topological polar surface area (TPSA) is 22.1 Å². The van der Waals surface area contributed by atoms with Gasteiger partial charge in [-0.25, -0.2) is 4.98 Å². The molecule has 0 aliphatic heterocycles. The van der Waals surface area contributed by atoms with Crippen LogP contribution in [0.1, 0.15) is 6.92 Å². The molecule has 0 radical (unpaired) electrons. The molecule has 2 heterocycles. The van der Waals surface area contributed by atoms with Crippen LogP contribution < -0.4 is 4.74 Å². The minimum atomic E-state index is 0.632. The van der Waals surface area contributed by atoms with Gasteiger partial charge in [0.15, 0.2) is 0 Å². The molecule has 0 saturated carbocycles. The molecule has 2 aromatic heterocycles. The summed E-state index contributed by atoms with van der Waals surface area (Å²) in [7, 11) is 0. The summed E-state index contributed by atoms with van der Waals surface area (Å²) in [5.41, 5.74) is 3.94. The number of rotatable bonds is 4. The molecule has 0 N–H and O–H groups in total. The zero-order valence-corrected chi connectivity index (χ0v) is 13.1. The normalized spacial score (nSPS) is 10.6. The zero-order chi connectivity index (χ0) is 14.7. The van der Waals surface area contributed by atoms with E-state index in [-0.39, 0.29) is 0 Å². The first-order valence-corrected chi connectivity index (χ1v) is 8.02. The number of thiophene rings is 1. The molecular weight excluding hydrogens is 302 g/mol. The van der Waals surface area contributed by atoms with Crippen LogP contribution in [-0.2, 0) is 0 Å². The highest BCUT2D eigenvalue weighted by molar-refractivity contribution is 7.08. The molecule has 21 heavy (non-hydrogen) atoms. The molecule has 0 amide bonds. The van der Waals surface area contributed by atoms with Crippen LogP contribution in [0, 0.1) is 0 Å². The lowest BCUT2D eigenvalue weighted by Crippen LogP contribution is -1.95. The van der Waals surface area contributed by atoms with Crippen LogP contribution in [0.25, 0.3) is 22.5 Å². The van der Waals surface area contributed by atoms with Crippen LogP contribution >= 0.6 is 22.9 Å². The third-order valence-corrected chi connectivity index (χ3v) is 4.00. The highest BCUT2D eigenvalue weighted by Gasteiger charge is 2.08. The van der Waals surface area contributed by atoms with Crippen molar-refractivity contribution in [2.45, 2.75) is 6.92 Å². The first-order chi connectivity index (χ1) is 10.3. The Kier molecular flexibility index (Phi) is 4.23. The van der Waals surface area contributed by atoms with E-state index in [1.54, 1.807) is 11.3 Å². The third-order valence-electron chi connectivity index (χ3n) is 3.07. The third kappa shape index (κ3) is 3.26. The van der Waals surface area contributed by atoms with E-state index in [4.69, 9.17) is 21.3 Å². The van der Waals surface area contributed by atoms with Gasteiger partial charge in [0.2, 0.25) is 0 Å². The van der Waals surface area contributed by atoms with Gasteiger partial charge >= 0.3 is 0 Å². The maximum atomic E-state index is 5.95. The summed E-state index contributed by atoms with van der Waals surface area (Å²) >= 11 is 7.61. The summed E-state index contributed by atoms with van der Waals surface area (Å²) < 4.78 is 5.67. The van der Waals surface area contributed by atoms with E-state index in [2.05, 4.69) is 11.4 Å². The molecule has 0 fully saturated rings. The van der Waals surface area contributed by atoms with Crippen molar-refractivity contribution in [3.05, 3.63) is 58.2 Å². The van der Waals surface area contributed by atoms with Crippen molar-refractivity contribution in [1.29, 1.82) is 0 Å². The summed E-state index contributed by atoms with van der Waals surface area (Å²) in [5.74, 6) is 0.832. The molecule has 106 valence electrons. The van der Waals surface area contributed by atoms with Gasteiger partial charge in [0.1, 0.15) is 5.75 Å². The molecule has 2 nitrogen and oxygen atoms in total. The Morgan fingerprint density at radius 2 is 1.76 bits per heavy atom. The second kappa shape index (κ2) is 6.29. The van der Waals surface area contributed by atoms with Crippen molar-refractivity contribution in [1.82, 2.24) is 4.98 Å². The summed E-state index contributed by atoms with van der Waals surface area (Å²) in [6.45, 7) is 2.61. The van der Waals surface area contributed by atoms with Crippen molar-refractivity contribution in [3.63, 3.8) is 0 Å². The molecule has 0 bridgehead atoms. The van der Waals surface area contributed by atoms with Gasteiger partial charge in [-0.3, -0.25) is 0 Å². The lowest BCUT2D eigenvalue weighted by molar-refractivity contribution is 0.340. The summed E-state index contributed by atoms with van der Waals surface area (Å²) in [5, 5.41) is 4.86. The van der Waals surface area contributed by atoms with Crippen molar-refractivity contribution < 1.29 is 4.74 Å². The first kappa shape index (κ1) is 14.1. The van der Waals surface area contributed by atoms with Gasteiger partial charge in [0.05, 0.1) is 18.0 Å². The zero-order valence-electron chi connectivity index (χ0n) is 11.5. The van der Waals surface area contributed by atoms with E-state index in [0.717, 1.165) is 33.3 Å². The number of hydrogen-bond donors (Lipinski definition) is 0. The predicted molar refractivity (Wildman–Crippen MR) is 89.2 cm³/mol. The van der Waals surface area contributed by atoms with E-state index in [1.165, 1.54) is 0 Å². The van der Waals surface area contributed by atoms with Crippen molar-refractivity contribution in [2.75, 3.05) is 6.61 Å². The predicted octanol–water partition coefficient (Wildman–Crippen LogP) is 5.53. The fourth-order valence-corrected chi connectivity index (χ4v) is 2.86. The Morgan fingerprint density at radius 3 is 2.38 bits per heavy atom. The average Bonchev–Trinajstić information content (AvgIpc) is 3.02. The molecular formula is C17H14ClNOS. The smallest absolute Gasteiger partial charge is 0.123 e. The molecule has 0 saturated heterocycles. The van der Waals surface area contributed by atoms with Gasteiger partial charge < -0.3 is 4.74 Å². The van der Waals surface area contributed by atoms with E-state index >= 15 is 0 Å². The molecule has 3 rings (SSSR count). The fraction of sp³-hybridized carbons (Fsp3) is 0.118. The van der Waals surface area contributed by atoms with E-state index in [9.17, 15) is 0 Å². The van der Waals surface area contributed by atoms with Crippen molar-refractivity contribution in [2.24, 2.45) is 0 Å². The quantitative estimate of drug-likeness (QED) is 0.631. The van der Waals surface area contributed by atoms with Crippen LogP contribution in [0.3, 0.4) is 0 Å². The highest BCUT2D eigenvalue weighted by Crippen LogP contribution is 2.29. The first-order valence-electron chi connectivity index (χ1n) is 6.69. The van der Waals surface area contributed by atoms with Gasteiger partial charge in [0, 0.05) is 33.7 Å². The van der Waals surface area contributed by atoms with Gasteiger partial charge in [-0.2, -0.15) is 11.3 Å². The molecule has 1 aromatic carbocycles. The van der Waals surface area contributed by atoms with Crippen LogP contribution in [-0.4, -0.2) is 11.6 Å². The van der Waals surface area contributed by atoms with Crippen LogP contribution in [0.5, 0.6) is 5.75 Å². The van der Waals surface area contributed by atoms with Crippen LogP contribution in [0.2, 0.25) is 5.02 Å². The minimum Gasteiger partial charge on any atom is -0.494 e. The second-order valence-corrected chi connectivity index (χ2v) is 5.74. The Bertz CT molecular complexity index is 723. The number of halogens is 1. The standard InChI is InChI=1S/C17H14ClNOS/c1-2-20-15-9-16(12-3-5-14(18)6-4-12)19-17(10-15)13-7-8-21-11-13/h3-11H,2H2,1H3. The molecule has 0 spiro atoms. The molecule has 0 unspecified atom stereocenters. The fourth-order valence-electron chi connectivity index (χ4n) is 2.08. The molecule has 3 aromatic rings. The lowest BCUT2D eigenvalue weighted by atomic mass is 10.1. The highest BCUT2D eigenvalue weighted by atomic mass is 35.5. The molecule has 0 atom stereocenters. The van der Waals surface area contributed by atoms with E-state index in [1.807, 2.05) is 48.7 Å². The summed E-state index contributed by atoms with van der Waals surface area (Å²) in [4.78, 5) is 4.74. The number of aromatic nitrogens is 1. The van der Waals surface area contributed by atoms with Crippen LogP contribution in [0.4, 0.5) is 0 Å². The maximum absolute atomic E-state index is 5.95. The lowest BCUT2D eigenvalue weighted by Gasteiger charge is -2.09. The maximum Gasteiger partial charge on any atom is 0.123 e. The summed E-state index contributed by atoms with van der Waals surface area (Å²) in [6.07, 6.45) is 0. The number of hydrogen-bond acceptors (Lipinski definition) is 3. The van der Waals surface area contributed by atoms with Gasteiger partial charge in [-0.05, 0) is 30.5 Å². The summed E-state index contributed by atoms with van der Waals surface area (Å²) in [6, 6.07) is 13.7. The number of ether oxygens (including phenoxy) is 1. The SMILES string of the molecule is CCOc1cc(-c2ccc(Cl)cc2)nc(-c2ccsc2)c1. The Morgan fingerprint density at radius 1 is 1.05 bits per heavy atom. The van der Waals surface area contributed by atoms with E-state index in [0.29, 0.717) is 6.61 Å². The Balaban J connectivity index is 2.09. The number of nitrogens with zero attached hydrogens (tertiary/aromatic N) is 1. The van der Waals surface area contributed by atoms with Gasteiger partial charge in [-0.1, -0.05) is 23.7 Å². The number of pyridine rings is 1. The van der Waals surface area contributed by atoms with E-state index < -0.39 is 0 Å². The molecule has 0 aliphatic rings. The second-order valence-electron chi connectivity index (χ2n) is 4.53. The van der Waals surface area contributed by atoms with Crippen LogP contribution in [0.15, 0.2) is 53.2 Å².